The van der Waals surface area contributed by atoms with Gasteiger partial charge in [-0.1, -0.05) is 34.1 Å². The lowest BCUT2D eigenvalue weighted by atomic mass is 10.0. The van der Waals surface area contributed by atoms with E-state index in [1.165, 1.54) is 17.4 Å². The van der Waals surface area contributed by atoms with Crippen LogP contribution in [-0.2, 0) is 0 Å². The topological polar surface area (TPSA) is 0 Å². The van der Waals surface area contributed by atoms with Gasteiger partial charge in [0.2, 0.25) is 0 Å². The van der Waals surface area contributed by atoms with Gasteiger partial charge < -0.3 is 0 Å². The van der Waals surface area contributed by atoms with Crippen LogP contribution >= 0.6 is 43.2 Å². The Balaban J connectivity index is 2.15. The number of fused-ring (bicyclic) bond motifs is 1. The van der Waals surface area contributed by atoms with Crippen LogP contribution < -0.4 is 0 Å². The molecule has 6 heteroatoms. The molecule has 1 unspecified atom stereocenters. The smallest absolute Gasteiger partial charge is 0.194 e. The molecule has 21 heavy (non-hydrogen) atoms. The summed E-state index contributed by atoms with van der Waals surface area (Å²) in [5, 5.41) is 2.83. The van der Waals surface area contributed by atoms with E-state index in [1.54, 1.807) is 0 Å². The van der Waals surface area contributed by atoms with Crippen molar-refractivity contribution in [2.24, 2.45) is 0 Å². The van der Waals surface area contributed by atoms with E-state index in [4.69, 9.17) is 0 Å². The largest absolute Gasteiger partial charge is 0.204 e. The molecule has 0 aliphatic rings. The summed E-state index contributed by atoms with van der Waals surface area (Å²) in [5.74, 6) is -3.79. The van der Waals surface area contributed by atoms with Gasteiger partial charge in [0.1, 0.15) is 0 Å². The molecule has 0 fully saturated rings. The first-order valence-electron chi connectivity index (χ1n) is 5.93. The lowest BCUT2D eigenvalue weighted by molar-refractivity contribution is 0.442. The third-order valence-corrected chi connectivity index (χ3v) is 6.15. The van der Waals surface area contributed by atoms with Crippen molar-refractivity contribution < 1.29 is 13.2 Å². The maximum absolute atomic E-state index is 13.9. The van der Waals surface area contributed by atoms with Crippen molar-refractivity contribution >= 4 is 53.3 Å². The van der Waals surface area contributed by atoms with Gasteiger partial charge in [-0.2, -0.15) is 0 Å². The molecule has 0 N–H and O–H groups in total. The van der Waals surface area contributed by atoms with E-state index in [2.05, 4.69) is 31.9 Å². The van der Waals surface area contributed by atoms with Crippen LogP contribution in [0.15, 0.2) is 40.2 Å². The van der Waals surface area contributed by atoms with Crippen molar-refractivity contribution in [3.63, 3.8) is 0 Å². The highest BCUT2D eigenvalue weighted by molar-refractivity contribution is 9.10. The summed E-state index contributed by atoms with van der Waals surface area (Å²) in [6.45, 7) is 0. The van der Waals surface area contributed by atoms with Crippen LogP contribution in [0.25, 0.3) is 10.1 Å². The molecule has 0 saturated carbocycles. The standard InChI is InChI=1S/C15H7Br2F3S/c16-10-3-1-2-7-9(6-21-15(7)10)12(17)8-4-5-11(18)14(20)13(8)19/h1-6,12H. The molecule has 108 valence electrons. The first-order chi connectivity index (χ1) is 10.0. The van der Waals surface area contributed by atoms with Crippen molar-refractivity contribution in [3.05, 3.63) is 68.8 Å². The van der Waals surface area contributed by atoms with Crippen LogP contribution in [0.4, 0.5) is 13.2 Å². The number of hydrogen-bond donors (Lipinski definition) is 0. The van der Waals surface area contributed by atoms with Crippen LogP contribution in [-0.4, -0.2) is 0 Å². The summed E-state index contributed by atoms with van der Waals surface area (Å²) in [6, 6.07) is 7.91. The highest BCUT2D eigenvalue weighted by Crippen LogP contribution is 2.41. The third kappa shape index (κ3) is 2.53. The Morgan fingerprint density at radius 3 is 2.48 bits per heavy atom. The minimum absolute atomic E-state index is 0.0774. The van der Waals surface area contributed by atoms with Gasteiger partial charge in [0, 0.05) is 14.7 Å². The van der Waals surface area contributed by atoms with Crippen LogP contribution in [0.1, 0.15) is 16.0 Å². The maximum atomic E-state index is 13.9. The van der Waals surface area contributed by atoms with Crippen molar-refractivity contribution in [2.75, 3.05) is 0 Å². The van der Waals surface area contributed by atoms with E-state index < -0.39 is 22.3 Å². The molecule has 0 bridgehead atoms. The van der Waals surface area contributed by atoms with E-state index >= 15 is 0 Å². The summed E-state index contributed by atoms with van der Waals surface area (Å²) in [6.07, 6.45) is 0. The average Bonchev–Trinajstić information content (AvgIpc) is 2.90. The van der Waals surface area contributed by atoms with Crippen molar-refractivity contribution in [3.8, 4) is 0 Å². The molecule has 0 aliphatic heterocycles. The molecule has 0 saturated heterocycles. The van der Waals surface area contributed by atoms with Gasteiger partial charge in [-0.15, -0.1) is 11.3 Å². The quantitative estimate of drug-likeness (QED) is 0.315. The molecular formula is C15H7Br2F3S. The Bertz CT molecular complexity index is 829. The molecule has 2 aromatic carbocycles. The van der Waals surface area contributed by atoms with Gasteiger partial charge >= 0.3 is 0 Å². The average molecular weight is 436 g/mol. The molecule has 0 radical (unpaired) electrons. The van der Waals surface area contributed by atoms with Gasteiger partial charge in [0.15, 0.2) is 17.5 Å². The zero-order chi connectivity index (χ0) is 15.1. The van der Waals surface area contributed by atoms with Crippen LogP contribution in [0.5, 0.6) is 0 Å². The molecule has 0 amide bonds. The molecular weight excluding hydrogens is 429 g/mol. The Labute approximate surface area is 139 Å². The predicted octanol–water partition coefficient (Wildman–Crippen LogP) is 6.57. The lowest BCUT2D eigenvalue weighted by Gasteiger charge is -2.11. The third-order valence-electron chi connectivity index (χ3n) is 3.19. The van der Waals surface area contributed by atoms with Gasteiger partial charge in [-0.05, 0) is 44.4 Å². The van der Waals surface area contributed by atoms with Crippen LogP contribution in [0.2, 0.25) is 0 Å². The minimum atomic E-state index is -1.45. The van der Waals surface area contributed by atoms with Gasteiger partial charge in [0.05, 0.1) is 4.83 Å². The number of benzene rings is 2. The van der Waals surface area contributed by atoms with Crippen LogP contribution in [0, 0.1) is 17.5 Å². The lowest BCUT2D eigenvalue weighted by Crippen LogP contribution is -2.00. The van der Waals surface area contributed by atoms with Gasteiger partial charge in [0.25, 0.3) is 0 Å². The highest BCUT2D eigenvalue weighted by Gasteiger charge is 2.22. The molecule has 3 aromatic rings. The van der Waals surface area contributed by atoms with E-state index in [0.29, 0.717) is 0 Å². The molecule has 1 atom stereocenters. The number of halogens is 5. The van der Waals surface area contributed by atoms with E-state index in [0.717, 1.165) is 26.2 Å². The summed E-state index contributed by atoms with van der Waals surface area (Å²) >= 11 is 8.36. The normalized spacial score (nSPS) is 12.8. The predicted molar refractivity (Wildman–Crippen MR) is 86.6 cm³/mol. The zero-order valence-corrected chi connectivity index (χ0v) is 14.3. The van der Waals surface area contributed by atoms with E-state index in [9.17, 15) is 13.2 Å². The fourth-order valence-corrected chi connectivity index (χ4v) is 4.70. The Kier molecular flexibility index (Phi) is 4.12. The molecule has 0 aliphatic carbocycles. The number of rotatable bonds is 2. The minimum Gasteiger partial charge on any atom is -0.204 e. The first kappa shape index (κ1) is 15.1. The Morgan fingerprint density at radius 2 is 1.71 bits per heavy atom. The SMILES string of the molecule is Fc1ccc(C(Br)c2csc3c(Br)cccc23)c(F)c1F. The van der Waals surface area contributed by atoms with Crippen molar-refractivity contribution in [2.45, 2.75) is 4.83 Å². The Morgan fingerprint density at radius 1 is 0.952 bits per heavy atom. The number of thiophene rings is 1. The number of alkyl halides is 1. The summed E-state index contributed by atoms with van der Waals surface area (Å²) < 4.78 is 42.3. The fourth-order valence-electron chi connectivity index (χ4n) is 2.14. The fraction of sp³-hybridized carbons (Fsp3) is 0.0667. The second kappa shape index (κ2) is 5.74. The van der Waals surface area contributed by atoms with Gasteiger partial charge in [-0.25, -0.2) is 13.2 Å². The summed E-state index contributed by atoms with van der Waals surface area (Å²) in [7, 11) is 0. The van der Waals surface area contributed by atoms with E-state index in [-0.39, 0.29) is 5.56 Å². The maximum Gasteiger partial charge on any atom is 0.194 e. The van der Waals surface area contributed by atoms with Gasteiger partial charge in [-0.3, -0.25) is 0 Å². The second-order valence-corrected chi connectivity index (χ2v) is 7.08. The highest BCUT2D eigenvalue weighted by atomic mass is 79.9. The number of hydrogen-bond acceptors (Lipinski definition) is 1. The summed E-state index contributed by atoms with van der Waals surface area (Å²) in [4.78, 5) is -0.546. The van der Waals surface area contributed by atoms with Crippen molar-refractivity contribution in [1.29, 1.82) is 0 Å². The molecule has 3 rings (SSSR count). The molecule has 0 nitrogen and oxygen atoms in total. The van der Waals surface area contributed by atoms with Crippen molar-refractivity contribution in [1.82, 2.24) is 0 Å². The Hall–Kier alpha value is -0.850. The summed E-state index contributed by atoms with van der Waals surface area (Å²) in [5.41, 5.74) is 0.898. The molecule has 1 aromatic heterocycles. The molecule has 1 heterocycles. The van der Waals surface area contributed by atoms with Crippen LogP contribution in [0.3, 0.4) is 0 Å². The molecule has 0 spiro atoms. The van der Waals surface area contributed by atoms with E-state index in [1.807, 2.05) is 23.6 Å². The monoisotopic (exact) mass is 434 g/mol. The zero-order valence-electron chi connectivity index (χ0n) is 10.3. The second-order valence-electron chi connectivity index (χ2n) is 4.43. The first-order valence-corrected chi connectivity index (χ1v) is 8.52.